The van der Waals surface area contributed by atoms with Gasteiger partial charge in [-0.3, -0.25) is 4.90 Å². The van der Waals surface area contributed by atoms with E-state index in [-0.39, 0.29) is 6.04 Å². The van der Waals surface area contributed by atoms with Crippen LogP contribution < -0.4 is 10.6 Å². The number of thiocarbonyl (C=S) groups is 1. The number of furan rings is 1. The molecule has 0 bridgehead atoms. The number of hydrogen-bond donors (Lipinski definition) is 2. The maximum atomic E-state index is 5.64. The zero-order valence-electron chi connectivity index (χ0n) is 14.3. The van der Waals surface area contributed by atoms with Crippen LogP contribution in [0.5, 0.6) is 0 Å². The van der Waals surface area contributed by atoms with E-state index in [2.05, 4.69) is 47.6 Å². The molecule has 1 aromatic carbocycles. The van der Waals surface area contributed by atoms with Gasteiger partial charge in [-0.15, -0.1) is 0 Å². The van der Waals surface area contributed by atoms with Gasteiger partial charge in [-0.1, -0.05) is 6.07 Å². The van der Waals surface area contributed by atoms with E-state index < -0.39 is 0 Å². The van der Waals surface area contributed by atoms with Gasteiger partial charge in [-0.05, 0) is 87.4 Å². The van der Waals surface area contributed by atoms with Gasteiger partial charge in [0.1, 0.15) is 5.76 Å². The lowest BCUT2D eigenvalue weighted by molar-refractivity contribution is 0.216. The lowest BCUT2D eigenvalue weighted by Crippen LogP contribution is -2.38. The van der Waals surface area contributed by atoms with Gasteiger partial charge in [0.2, 0.25) is 0 Å². The average molecular weight is 343 g/mol. The van der Waals surface area contributed by atoms with Crippen LogP contribution in [-0.4, -0.2) is 29.6 Å². The molecular weight excluding hydrogens is 318 g/mol. The second kappa shape index (κ2) is 7.81. The standard InChI is InChI=1S/C19H25N3OS/c1-14-7-8-16(12-15(14)2)21-19(24)20-13-17(18-6-5-11-23-18)22-9-3-4-10-22/h5-8,11-12,17H,3-4,9-10,13H2,1-2H3,(H2,20,21,24)/t17-/m1/s1. The molecule has 0 unspecified atom stereocenters. The van der Waals surface area contributed by atoms with Crippen molar-refractivity contribution in [3.63, 3.8) is 0 Å². The van der Waals surface area contributed by atoms with Crippen molar-refractivity contribution in [3.05, 3.63) is 53.5 Å². The minimum absolute atomic E-state index is 0.224. The Morgan fingerprint density at radius 1 is 1.21 bits per heavy atom. The van der Waals surface area contributed by atoms with Gasteiger partial charge < -0.3 is 15.1 Å². The quantitative estimate of drug-likeness (QED) is 0.803. The molecule has 1 atom stereocenters. The van der Waals surface area contributed by atoms with E-state index in [1.54, 1.807) is 6.26 Å². The van der Waals surface area contributed by atoms with E-state index in [9.17, 15) is 0 Å². The summed E-state index contributed by atoms with van der Waals surface area (Å²) < 4.78 is 5.64. The summed E-state index contributed by atoms with van der Waals surface area (Å²) in [6.45, 7) is 7.19. The SMILES string of the molecule is Cc1ccc(NC(=S)NC[C@H](c2ccco2)N2CCCC2)cc1C. The van der Waals surface area contributed by atoms with Crippen molar-refractivity contribution in [1.82, 2.24) is 10.2 Å². The topological polar surface area (TPSA) is 40.4 Å². The third-order valence-corrected chi connectivity index (χ3v) is 4.92. The Bertz CT molecular complexity index is 678. The summed E-state index contributed by atoms with van der Waals surface area (Å²) in [4.78, 5) is 2.46. The van der Waals surface area contributed by atoms with Gasteiger partial charge in [0.25, 0.3) is 0 Å². The Morgan fingerprint density at radius 2 is 2.00 bits per heavy atom. The van der Waals surface area contributed by atoms with Crippen LogP contribution in [0.1, 0.15) is 35.8 Å². The Hall–Kier alpha value is -1.85. The second-order valence-electron chi connectivity index (χ2n) is 6.41. The van der Waals surface area contributed by atoms with Crippen molar-refractivity contribution in [2.24, 2.45) is 0 Å². The highest BCUT2D eigenvalue weighted by Crippen LogP contribution is 2.25. The highest BCUT2D eigenvalue weighted by atomic mass is 32.1. The predicted molar refractivity (Wildman–Crippen MR) is 102 cm³/mol. The highest BCUT2D eigenvalue weighted by Gasteiger charge is 2.25. The first-order chi connectivity index (χ1) is 11.6. The van der Waals surface area contributed by atoms with Crippen molar-refractivity contribution in [1.29, 1.82) is 0 Å². The summed E-state index contributed by atoms with van der Waals surface area (Å²) in [5.41, 5.74) is 3.56. The fourth-order valence-electron chi connectivity index (χ4n) is 3.13. The summed E-state index contributed by atoms with van der Waals surface area (Å²) in [5.74, 6) is 0.999. The van der Waals surface area contributed by atoms with Crippen LogP contribution in [0.15, 0.2) is 41.0 Å². The third-order valence-electron chi connectivity index (χ3n) is 4.67. The molecule has 0 saturated carbocycles. The molecule has 2 heterocycles. The van der Waals surface area contributed by atoms with Crippen LogP contribution in [0.2, 0.25) is 0 Å². The van der Waals surface area contributed by atoms with Gasteiger partial charge >= 0.3 is 0 Å². The van der Waals surface area contributed by atoms with Gasteiger partial charge in [0.15, 0.2) is 5.11 Å². The summed E-state index contributed by atoms with van der Waals surface area (Å²) in [5, 5.41) is 7.27. The summed E-state index contributed by atoms with van der Waals surface area (Å²) in [6, 6.07) is 10.5. The summed E-state index contributed by atoms with van der Waals surface area (Å²) in [7, 11) is 0. The lowest BCUT2D eigenvalue weighted by Gasteiger charge is -2.26. The van der Waals surface area contributed by atoms with Gasteiger partial charge in [-0.2, -0.15) is 0 Å². The molecule has 1 aliphatic rings. The molecule has 1 fully saturated rings. The Labute approximate surface area is 149 Å². The molecule has 2 aromatic rings. The number of hydrogen-bond acceptors (Lipinski definition) is 3. The Balaban J connectivity index is 1.59. The number of likely N-dealkylation sites (tertiary alicyclic amines) is 1. The number of anilines is 1. The maximum absolute atomic E-state index is 5.64. The van der Waals surface area contributed by atoms with E-state index >= 15 is 0 Å². The monoisotopic (exact) mass is 343 g/mol. The second-order valence-corrected chi connectivity index (χ2v) is 6.82. The predicted octanol–water partition coefficient (Wildman–Crippen LogP) is 4.02. The normalized spacial score (nSPS) is 16.1. The Kier molecular flexibility index (Phi) is 5.53. The first-order valence-corrected chi connectivity index (χ1v) is 8.94. The van der Waals surface area contributed by atoms with E-state index in [0.29, 0.717) is 5.11 Å². The number of nitrogens with one attached hydrogen (secondary N) is 2. The minimum Gasteiger partial charge on any atom is -0.468 e. The fourth-order valence-corrected chi connectivity index (χ4v) is 3.33. The van der Waals surface area contributed by atoms with Crippen molar-refractivity contribution >= 4 is 23.0 Å². The average Bonchev–Trinajstić information content (AvgIpc) is 3.25. The van der Waals surface area contributed by atoms with E-state index in [1.807, 2.05) is 12.1 Å². The molecule has 24 heavy (non-hydrogen) atoms. The number of rotatable bonds is 5. The lowest BCUT2D eigenvalue weighted by atomic mass is 10.1. The molecule has 0 spiro atoms. The van der Waals surface area contributed by atoms with Crippen molar-refractivity contribution < 1.29 is 4.42 Å². The molecule has 4 nitrogen and oxygen atoms in total. The first-order valence-electron chi connectivity index (χ1n) is 8.53. The molecule has 5 heteroatoms. The smallest absolute Gasteiger partial charge is 0.170 e. The van der Waals surface area contributed by atoms with Crippen LogP contribution in [0.25, 0.3) is 0 Å². The molecule has 1 aliphatic heterocycles. The van der Waals surface area contributed by atoms with Crippen LogP contribution >= 0.6 is 12.2 Å². The van der Waals surface area contributed by atoms with Crippen LogP contribution in [0.4, 0.5) is 5.69 Å². The number of nitrogens with zero attached hydrogens (tertiary/aromatic N) is 1. The summed E-state index contributed by atoms with van der Waals surface area (Å²) >= 11 is 5.46. The highest BCUT2D eigenvalue weighted by molar-refractivity contribution is 7.80. The molecule has 2 N–H and O–H groups in total. The molecule has 1 aromatic heterocycles. The van der Waals surface area contributed by atoms with Gasteiger partial charge in [-0.25, -0.2) is 0 Å². The minimum atomic E-state index is 0.224. The molecule has 0 radical (unpaired) electrons. The van der Waals surface area contributed by atoms with E-state index in [4.69, 9.17) is 16.6 Å². The number of aryl methyl sites for hydroxylation is 2. The largest absolute Gasteiger partial charge is 0.468 e. The molecule has 3 rings (SSSR count). The molecule has 128 valence electrons. The van der Waals surface area contributed by atoms with Crippen molar-refractivity contribution in [2.45, 2.75) is 32.7 Å². The van der Waals surface area contributed by atoms with E-state index in [1.165, 1.54) is 24.0 Å². The van der Waals surface area contributed by atoms with Gasteiger partial charge in [0, 0.05) is 12.2 Å². The molecule has 0 amide bonds. The molecule has 0 aliphatic carbocycles. The zero-order valence-corrected chi connectivity index (χ0v) is 15.2. The summed E-state index contributed by atoms with van der Waals surface area (Å²) in [6.07, 6.45) is 4.25. The van der Waals surface area contributed by atoms with Crippen LogP contribution in [-0.2, 0) is 0 Å². The molecular formula is C19H25N3OS. The zero-order chi connectivity index (χ0) is 16.9. The Morgan fingerprint density at radius 3 is 2.67 bits per heavy atom. The van der Waals surface area contributed by atoms with Crippen LogP contribution in [0, 0.1) is 13.8 Å². The van der Waals surface area contributed by atoms with Crippen molar-refractivity contribution in [3.8, 4) is 0 Å². The van der Waals surface area contributed by atoms with E-state index in [0.717, 1.165) is 31.1 Å². The maximum Gasteiger partial charge on any atom is 0.170 e. The van der Waals surface area contributed by atoms with Crippen LogP contribution in [0.3, 0.4) is 0 Å². The fraction of sp³-hybridized carbons (Fsp3) is 0.421. The van der Waals surface area contributed by atoms with Gasteiger partial charge in [0.05, 0.1) is 12.3 Å². The number of benzene rings is 1. The third kappa shape index (κ3) is 4.16. The van der Waals surface area contributed by atoms with Crippen molar-refractivity contribution in [2.75, 3.05) is 25.0 Å². The molecule has 1 saturated heterocycles. The first kappa shape index (κ1) is 17.0.